The summed E-state index contributed by atoms with van der Waals surface area (Å²) in [6.45, 7) is 5.18. The fourth-order valence-corrected chi connectivity index (χ4v) is 4.78. The molecule has 2 heterocycles. The normalized spacial score (nSPS) is 17.8. The van der Waals surface area contributed by atoms with Crippen molar-refractivity contribution in [3.8, 4) is 11.1 Å². The molecule has 1 spiro atoms. The monoisotopic (exact) mass is 379 g/mol. The standard InChI is InChI=1S/C22H22N.BrH/c1-2-8-17(9-3-1)22-20-11-5-4-10-18(20)14-19-15-23(16-21(19)22)12-6-7-13-23;/h1-5,8-11,14H,6-7,12-13,15-16H2;1H/q+1;/p-1. The van der Waals surface area contributed by atoms with Crippen LogP contribution in [0.4, 0.5) is 0 Å². The number of rotatable bonds is 1. The van der Waals surface area contributed by atoms with Gasteiger partial charge < -0.3 is 21.5 Å². The number of benzene rings is 3. The Hall–Kier alpha value is -1.64. The molecule has 2 aliphatic heterocycles. The van der Waals surface area contributed by atoms with Gasteiger partial charge in [-0.25, -0.2) is 0 Å². The van der Waals surface area contributed by atoms with Gasteiger partial charge in [-0.05, 0) is 28.0 Å². The zero-order valence-corrected chi connectivity index (χ0v) is 15.4. The van der Waals surface area contributed by atoms with Crippen molar-refractivity contribution in [2.75, 3.05) is 13.1 Å². The van der Waals surface area contributed by atoms with Gasteiger partial charge in [-0.3, -0.25) is 0 Å². The van der Waals surface area contributed by atoms with E-state index < -0.39 is 0 Å². The van der Waals surface area contributed by atoms with Crippen LogP contribution in [0.15, 0.2) is 60.7 Å². The first-order valence-electron chi connectivity index (χ1n) is 8.79. The molecule has 5 rings (SSSR count). The van der Waals surface area contributed by atoms with Gasteiger partial charge >= 0.3 is 0 Å². The number of hydrogen-bond acceptors (Lipinski definition) is 0. The third kappa shape index (κ3) is 2.40. The fraction of sp³-hybridized carbons (Fsp3) is 0.273. The van der Waals surface area contributed by atoms with Gasteiger partial charge in [-0.1, -0.05) is 54.6 Å². The van der Waals surface area contributed by atoms with E-state index >= 15 is 0 Å². The summed E-state index contributed by atoms with van der Waals surface area (Å²) in [5.41, 5.74) is 6.06. The maximum Gasteiger partial charge on any atom is 0.106 e. The molecule has 122 valence electrons. The van der Waals surface area contributed by atoms with Gasteiger partial charge in [0.2, 0.25) is 0 Å². The molecule has 0 bridgehead atoms. The van der Waals surface area contributed by atoms with E-state index in [1.807, 2.05) is 0 Å². The Morgan fingerprint density at radius 3 is 2.25 bits per heavy atom. The molecule has 2 heteroatoms. The number of halogens is 1. The second-order valence-electron chi connectivity index (χ2n) is 7.29. The fourth-order valence-electron chi connectivity index (χ4n) is 4.78. The molecule has 0 saturated carbocycles. The Kier molecular flexibility index (Phi) is 3.98. The molecule has 2 aliphatic rings. The van der Waals surface area contributed by atoms with Gasteiger partial charge in [0.25, 0.3) is 0 Å². The number of fused-ring (bicyclic) bond motifs is 2. The van der Waals surface area contributed by atoms with E-state index in [4.69, 9.17) is 0 Å². The van der Waals surface area contributed by atoms with Gasteiger partial charge in [0.1, 0.15) is 13.1 Å². The third-order valence-electron chi connectivity index (χ3n) is 5.83. The summed E-state index contributed by atoms with van der Waals surface area (Å²) in [5, 5.41) is 2.81. The minimum atomic E-state index is 0. The smallest absolute Gasteiger partial charge is 0.106 e. The van der Waals surface area contributed by atoms with Gasteiger partial charge in [0.05, 0.1) is 13.1 Å². The molecule has 1 fully saturated rings. The lowest BCUT2D eigenvalue weighted by Crippen LogP contribution is -3.00. The Morgan fingerprint density at radius 2 is 1.46 bits per heavy atom. The summed E-state index contributed by atoms with van der Waals surface area (Å²) in [6.07, 6.45) is 2.79. The molecule has 3 aromatic carbocycles. The predicted octanol–water partition coefficient (Wildman–Crippen LogP) is 2.14. The molecule has 0 N–H and O–H groups in total. The highest BCUT2D eigenvalue weighted by Gasteiger charge is 2.40. The molecule has 0 atom stereocenters. The van der Waals surface area contributed by atoms with Crippen molar-refractivity contribution in [2.45, 2.75) is 25.9 Å². The van der Waals surface area contributed by atoms with Crippen LogP contribution in [-0.4, -0.2) is 17.6 Å². The van der Waals surface area contributed by atoms with Crippen molar-refractivity contribution in [3.63, 3.8) is 0 Å². The quantitative estimate of drug-likeness (QED) is 0.568. The Morgan fingerprint density at radius 1 is 0.750 bits per heavy atom. The second kappa shape index (κ2) is 6.02. The van der Waals surface area contributed by atoms with Crippen LogP contribution in [0.3, 0.4) is 0 Å². The van der Waals surface area contributed by atoms with Crippen molar-refractivity contribution >= 4 is 10.8 Å². The third-order valence-corrected chi connectivity index (χ3v) is 5.83. The molecule has 0 aromatic heterocycles. The molecule has 0 aliphatic carbocycles. The second-order valence-corrected chi connectivity index (χ2v) is 7.29. The highest BCUT2D eigenvalue weighted by atomic mass is 79.9. The van der Waals surface area contributed by atoms with Crippen LogP contribution in [0.25, 0.3) is 21.9 Å². The zero-order chi connectivity index (χ0) is 15.3. The topological polar surface area (TPSA) is 0 Å². The average molecular weight is 380 g/mol. The molecule has 0 amide bonds. The summed E-state index contributed by atoms with van der Waals surface area (Å²) in [6, 6.07) is 22.4. The Labute approximate surface area is 154 Å². The van der Waals surface area contributed by atoms with E-state index in [9.17, 15) is 0 Å². The van der Waals surface area contributed by atoms with E-state index in [2.05, 4.69) is 60.7 Å². The molecule has 24 heavy (non-hydrogen) atoms. The molecule has 1 saturated heterocycles. The molecule has 0 unspecified atom stereocenters. The zero-order valence-electron chi connectivity index (χ0n) is 13.8. The lowest BCUT2D eigenvalue weighted by molar-refractivity contribution is -0.936. The first kappa shape index (κ1) is 15.9. The van der Waals surface area contributed by atoms with E-state index in [1.165, 1.54) is 65.4 Å². The largest absolute Gasteiger partial charge is 1.00 e. The Balaban J connectivity index is 0.00000146. The minimum Gasteiger partial charge on any atom is -1.00 e. The molecule has 1 nitrogen and oxygen atoms in total. The highest BCUT2D eigenvalue weighted by Crippen LogP contribution is 2.43. The van der Waals surface area contributed by atoms with Crippen LogP contribution in [0.2, 0.25) is 0 Å². The maximum atomic E-state index is 2.46. The van der Waals surface area contributed by atoms with Crippen LogP contribution in [-0.2, 0) is 13.1 Å². The average Bonchev–Trinajstić information content (AvgIpc) is 3.19. The van der Waals surface area contributed by atoms with Crippen molar-refractivity contribution < 1.29 is 21.5 Å². The SMILES string of the molecule is [Br-].c1ccc(-c2c3c(cc4ccccc24)C[N+]2(CCCC2)C3)cc1. The van der Waals surface area contributed by atoms with Crippen molar-refractivity contribution in [2.24, 2.45) is 0 Å². The van der Waals surface area contributed by atoms with E-state index in [1.54, 1.807) is 11.1 Å². The van der Waals surface area contributed by atoms with E-state index in [0.717, 1.165) is 0 Å². The van der Waals surface area contributed by atoms with Crippen molar-refractivity contribution in [1.29, 1.82) is 0 Å². The molecule has 0 radical (unpaired) electrons. The number of quaternary nitrogens is 1. The highest BCUT2D eigenvalue weighted by molar-refractivity contribution is 5.99. The van der Waals surface area contributed by atoms with Gasteiger partial charge in [-0.2, -0.15) is 0 Å². The predicted molar refractivity (Wildman–Crippen MR) is 96.0 cm³/mol. The van der Waals surface area contributed by atoms with Crippen LogP contribution in [0.1, 0.15) is 24.0 Å². The number of nitrogens with zero attached hydrogens (tertiary/aromatic N) is 1. The van der Waals surface area contributed by atoms with Crippen LogP contribution < -0.4 is 17.0 Å². The molecule has 3 aromatic rings. The maximum absolute atomic E-state index is 2.46. The minimum absolute atomic E-state index is 0. The lowest BCUT2D eigenvalue weighted by Gasteiger charge is -2.28. The first-order valence-corrected chi connectivity index (χ1v) is 8.79. The van der Waals surface area contributed by atoms with Crippen LogP contribution in [0, 0.1) is 0 Å². The first-order chi connectivity index (χ1) is 11.3. The summed E-state index contributed by atoms with van der Waals surface area (Å²) < 4.78 is 1.30. The summed E-state index contributed by atoms with van der Waals surface area (Å²) in [7, 11) is 0. The Bertz CT molecular complexity index is 879. The summed E-state index contributed by atoms with van der Waals surface area (Å²) >= 11 is 0. The molecular weight excluding hydrogens is 358 g/mol. The van der Waals surface area contributed by atoms with Gasteiger partial charge in [0, 0.05) is 24.0 Å². The van der Waals surface area contributed by atoms with Crippen molar-refractivity contribution in [1.82, 2.24) is 0 Å². The molecular formula is C22H22BrN. The number of hydrogen-bond donors (Lipinski definition) is 0. The van der Waals surface area contributed by atoms with Gasteiger partial charge in [-0.15, -0.1) is 0 Å². The summed E-state index contributed by atoms with van der Waals surface area (Å²) in [5.74, 6) is 0. The van der Waals surface area contributed by atoms with Crippen molar-refractivity contribution in [3.05, 3.63) is 71.8 Å². The van der Waals surface area contributed by atoms with Gasteiger partial charge in [0.15, 0.2) is 0 Å². The van der Waals surface area contributed by atoms with Crippen LogP contribution in [0.5, 0.6) is 0 Å². The summed E-state index contributed by atoms with van der Waals surface area (Å²) in [4.78, 5) is 0. The van der Waals surface area contributed by atoms with E-state index in [0.29, 0.717) is 0 Å². The van der Waals surface area contributed by atoms with Crippen LogP contribution >= 0.6 is 0 Å². The lowest BCUT2D eigenvalue weighted by atomic mass is 9.91. The van der Waals surface area contributed by atoms with E-state index in [-0.39, 0.29) is 17.0 Å².